The van der Waals surface area contributed by atoms with Gasteiger partial charge in [-0.25, -0.2) is 14.8 Å². The van der Waals surface area contributed by atoms with E-state index in [1.54, 1.807) is 12.0 Å². The third kappa shape index (κ3) is 4.43. The molecular formula is C33H39N7O4. The molecule has 4 aromatic rings. The highest BCUT2D eigenvalue weighted by Gasteiger charge is 2.47. The molecule has 8 rings (SSSR count). The van der Waals surface area contributed by atoms with E-state index in [2.05, 4.69) is 21.3 Å². The van der Waals surface area contributed by atoms with Crippen LogP contribution in [0.5, 0.6) is 5.75 Å². The molecule has 44 heavy (non-hydrogen) atoms. The van der Waals surface area contributed by atoms with E-state index in [1.807, 2.05) is 36.2 Å². The van der Waals surface area contributed by atoms with E-state index in [0.717, 1.165) is 47.5 Å². The molecule has 3 atom stereocenters. The molecule has 230 valence electrons. The summed E-state index contributed by atoms with van der Waals surface area (Å²) in [6, 6.07) is 10.1. The van der Waals surface area contributed by atoms with E-state index in [-0.39, 0.29) is 30.0 Å². The number of piperidine rings is 1. The van der Waals surface area contributed by atoms with Crippen molar-refractivity contribution in [1.82, 2.24) is 28.9 Å². The fourth-order valence-corrected chi connectivity index (χ4v) is 7.65. The minimum Gasteiger partial charge on any atom is -0.494 e. The molecule has 2 saturated heterocycles. The Morgan fingerprint density at radius 3 is 2.55 bits per heavy atom. The first-order valence-corrected chi connectivity index (χ1v) is 15.9. The van der Waals surface area contributed by atoms with Gasteiger partial charge in [0.15, 0.2) is 5.82 Å². The number of methoxy groups -OCH3 is 1. The largest absolute Gasteiger partial charge is 0.494 e. The molecule has 3 aromatic heterocycles. The van der Waals surface area contributed by atoms with Crippen molar-refractivity contribution in [2.75, 3.05) is 33.4 Å². The van der Waals surface area contributed by atoms with Crippen LogP contribution in [0.4, 0.5) is 4.79 Å². The van der Waals surface area contributed by atoms with Crippen LogP contribution in [0.3, 0.4) is 0 Å². The molecular weight excluding hydrogens is 558 g/mol. The molecule has 1 aromatic carbocycles. The molecule has 2 bridgehead atoms. The van der Waals surface area contributed by atoms with E-state index < -0.39 is 0 Å². The molecule has 11 nitrogen and oxygen atoms in total. The van der Waals surface area contributed by atoms with Gasteiger partial charge in [-0.2, -0.15) is 0 Å². The number of carbonyl (C=O) groups is 2. The summed E-state index contributed by atoms with van der Waals surface area (Å²) in [6.45, 7) is 5.65. The number of nitrogens with zero attached hydrogens (tertiary/aromatic N) is 6. The average molecular weight is 598 g/mol. The van der Waals surface area contributed by atoms with Crippen molar-refractivity contribution in [2.24, 2.45) is 23.5 Å². The number of ether oxygens (including phenoxy) is 2. The lowest BCUT2D eigenvalue weighted by molar-refractivity contribution is 0.0521. The van der Waals surface area contributed by atoms with Gasteiger partial charge in [-0.1, -0.05) is 0 Å². The van der Waals surface area contributed by atoms with Gasteiger partial charge >= 0.3 is 6.09 Å². The molecule has 5 heterocycles. The SMILES string of the molecule is CCOC(=O)N1CC(Cn2c(-c3cc4cccnc4n3CC3CC3)nc3cc(C(=O)N4CC5CCC4[C@@H]5N)cc(OC)c32)C1. The van der Waals surface area contributed by atoms with Crippen LogP contribution in [0.2, 0.25) is 0 Å². The smallest absolute Gasteiger partial charge is 0.409 e. The fraction of sp³-hybridized carbons (Fsp3) is 0.515. The van der Waals surface area contributed by atoms with Gasteiger partial charge in [0, 0.05) is 67.9 Å². The molecule has 2 saturated carbocycles. The fourth-order valence-electron chi connectivity index (χ4n) is 7.65. The summed E-state index contributed by atoms with van der Waals surface area (Å²) in [6.07, 6.45) is 6.05. The molecule has 4 fully saturated rings. The number of fused-ring (bicyclic) bond motifs is 4. The van der Waals surface area contributed by atoms with Crippen LogP contribution in [0.1, 0.15) is 43.0 Å². The minimum absolute atomic E-state index is 0.0138. The molecule has 2 N–H and O–H groups in total. The Bertz CT molecular complexity index is 1770. The Labute approximate surface area is 255 Å². The van der Waals surface area contributed by atoms with Gasteiger partial charge in [-0.15, -0.1) is 0 Å². The summed E-state index contributed by atoms with van der Waals surface area (Å²) >= 11 is 0. The van der Waals surface area contributed by atoms with Crippen LogP contribution < -0.4 is 10.5 Å². The molecule has 4 aliphatic rings. The van der Waals surface area contributed by atoms with Crippen LogP contribution in [-0.2, 0) is 17.8 Å². The van der Waals surface area contributed by atoms with Crippen LogP contribution in [0.25, 0.3) is 33.6 Å². The number of imidazole rings is 1. The topological polar surface area (TPSA) is 121 Å². The lowest BCUT2D eigenvalue weighted by Gasteiger charge is -2.38. The van der Waals surface area contributed by atoms with Gasteiger partial charge in [0.2, 0.25) is 0 Å². The Kier molecular flexibility index (Phi) is 6.55. The van der Waals surface area contributed by atoms with Crippen molar-refractivity contribution < 1.29 is 19.1 Å². The van der Waals surface area contributed by atoms with Gasteiger partial charge < -0.3 is 34.1 Å². The predicted molar refractivity (Wildman–Crippen MR) is 165 cm³/mol. The lowest BCUT2D eigenvalue weighted by atomic mass is 10.0. The maximum atomic E-state index is 13.9. The van der Waals surface area contributed by atoms with Crippen molar-refractivity contribution in [2.45, 2.75) is 57.8 Å². The van der Waals surface area contributed by atoms with Gasteiger partial charge in [0.05, 0.1) is 24.9 Å². The van der Waals surface area contributed by atoms with Crippen LogP contribution in [-0.4, -0.2) is 86.3 Å². The number of nitrogens with two attached hydrogens (primary N) is 1. The lowest BCUT2D eigenvalue weighted by Crippen LogP contribution is -2.51. The number of rotatable bonds is 8. The molecule has 11 heteroatoms. The average Bonchev–Trinajstić information content (AvgIpc) is 3.36. The van der Waals surface area contributed by atoms with Gasteiger partial charge in [0.1, 0.15) is 16.9 Å². The number of hydrogen-bond donors (Lipinski definition) is 1. The second-order valence-electron chi connectivity index (χ2n) is 13.0. The van der Waals surface area contributed by atoms with E-state index in [0.29, 0.717) is 61.5 Å². The van der Waals surface area contributed by atoms with Gasteiger partial charge in [0.25, 0.3) is 5.91 Å². The Balaban J connectivity index is 1.23. The number of amides is 2. The number of aromatic nitrogens is 4. The van der Waals surface area contributed by atoms with E-state index >= 15 is 0 Å². The quantitative estimate of drug-likeness (QED) is 0.324. The maximum absolute atomic E-state index is 13.9. The van der Waals surface area contributed by atoms with Crippen molar-refractivity contribution in [3.8, 4) is 17.3 Å². The highest BCUT2D eigenvalue weighted by molar-refractivity contribution is 6.00. The third-order valence-electron chi connectivity index (χ3n) is 10.1. The zero-order chi connectivity index (χ0) is 30.1. The van der Waals surface area contributed by atoms with Crippen molar-refractivity contribution >= 4 is 34.1 Å². The highest BCUT2D eigenvalue weighted by Crippen LogP contribution is 2.41. The Hall–Kier alpha value is -4.12. The molecule has 0 spiro atoms. The molecule has 0 radical (unpaired) electrons. The molecule has 2 aliphatic carbocycles. The third-order valence-corrected chi connectivity index (χ3v) is 10.1. The summed E-state index contributed by atoms with van der Waals surface area (Å²) < 4.78 is 15.7. The molecule has 2 unspecified atom stereocenters. The van der Waals surface area contributed by atoms with Gasteiger partial charge in [-0.3, -0.25) is 4.79 Å². The van der Waals surface area contributed by atoms with Crippen LogP contribution in [0.15, 0.2) is 36.5 Å². The molecule has 2 amide bonds. The summed E-state index contributed by atoms with van der Waals surface area (Å²) in [4.78, 5) is 39.9. The monoisotopic (exact) mass is 597 g/mol. The zero-order valence-corrected chi connectivity index (χ0v) is 25.3. The van der Waals surface area contributed by atoms with Crippen molar-refractivity contribution in [1.29, 1.82) is 0 Å². The zero-order valence-electron chi connectivity index (χ0n) is 25.3. The van der Waals surface area contributed by atoms with Crippen LogP contribution >= 0.6 is 0 Å². The van der Waals surface area contributed by atoms with Crippen molar-refractivity contribution in [3.63, 3.8) is 0 Å². The van der Waals surface area contributed by atoms with Crippen molar-refractivity contribution in [3.05, 3.63) is 42.1 Å². The molecule has 2 aliphatic heterocycles. The maximum Gasteiger partial charge on any atom is 0.409 e. The second kappa shape index (κ2) is 10.5. The summed E-state index contributed by atoms with van der Waals surface area (Å²) in [5.41, 5.74) is 10.5. The van der Waals surface area contributed by atoms with E-state index in [9.17, 15) is 9.59 Å². The normalized spacial score (nSPS) is 23.1. The number of benzene rings is 1. The first-order valence-electron chi connectivity index (χ1n) is 15.9. The number of carbonyl (C=O) groups excluding carboxylic acids is 2. The number of pyridine rings is 1. The van der Waals surface area contributed by atoms with E-state index in [4.69, 9.17) is 25.2 Å². The predicted octanol–water partition coefficient (Wildman–Crippen LogP) is 4.12. The van der Waals surface area contributed by atoms with Gasteiger partial charge in [-0.05, 0) is 74.8 Å². The summed E-state index contributed by atoms with van der Waals surface area (Å²) in [7, 11) is 1.65. The first kappa shape index (κ1) is 27.4. The Morgan fingerprint density at radius 2 is 1.84 bits per heavy atom. The number of likely N-dealkylation sites (tertiary alicyclic amines) is 2. The first-order chi connectivity index (χ1) is 21.4. The second-order valence-corrected chi connectivity index (χ2v) is 13.0. The summed E-state index contributed by atoms with van der Waals surface area (Å²) in [5, 5.41) is 1.07. The highest BCUT2D eigenvalue weighted by atomic mass is 16.6. The number of hydrogen-bond acceptors (Lipinski definition) is 7. The Morgan fingerprint density at radius 1 is 1.02 bits per heavy atom. The standard InChI is InChI=1S/C33H39N7O4/c1-3-44-33(42)37-14-20(15-37)17-40-29-24(11-23(13-27(29)43-2)32(41)39-18-22-8-9-25(39)28(22)34)36-31(40)26-12-21-5-4-10-35-30(21)38(26)16-19-6-7-19/h4-5,10-13,19-20,22,25,28H,3,6-9,14-18,34H2,1-2H3/t22?,25?,28-/m1/s1. The van der Waals surface area contributed by atoms with E-state index in [1.165, 1.54) is 12.8 Å². The summed E-state index contributed by atoms with van der Waals surface area (Å²) in [5.74, 6) is 2.65. The van der Waals surface area contributed by atoms with Crippen LogP contribution in [0, 0.1) is 17.8 Å². The minimum atomic E-state index is -0.272.